The minimum atomic E-state index is -0.787. The maximum Gasteiger partial charge on any atom is 0.303 e. The van der Waals surface area contributed by atoms with Crippen LogP contribution in [0.2, 0.25) is 0 Å². The lowest BCUT2D eigenvalue weighted by Gasteiger charge is -1.99. The van der Waals surface area contributed by atoms with Crippen LogP contribution >= 0.6 is 0 Å². The van der Waals surface area contributed by atoms with Gasteiger partial charge in [-0.25, -0.2) is 4.68 Å². The number of aryl methyl sites for hydroxylation is 1. The predicted octanol–water partition coefficient (Wildman–Crippen LogP) is 0.939. The summed E-state index contributed by atoms with van der Waals surface area (Å²) in [5.74, 6) is -0.787. The Morgan fingerprint density at radius 3 is 2.93 bits per heavy atom. The zero-order chi connectivity index (χ0) is 10.1. The maximum atomic E-state index is 10.4. The first-order chi connectivity index (χ1) is 6.68. The highest BCUT2D eigenvalue weighted by Gasteiger charge is 2.27. The lowest BCUT2D eigenvalue weighted by molar-refractivity contribution is -0.136. The molecule has 2 rings (SSSR count). The predicted molar refractivity (Wildman–Crippen MR) is 49.0 cm³/mol. The molecule has 0 unspecified atom stereocenters. The Morgan fingerprint density at radius 2 is 2.36 bits per heavy atom. The first-order valence-electron chi connectivity index (χ1n) is 4.81. The van der Waals surface area contributed by atoms with E-state index in [9.17, 15) is 4.79 Å². The Hall–Kier alpha value is -1.39. The van der Waals surface area contributed by atoms with Gasteiger partial charge in [0.2, 0.25) is 0 Å². The third-order valence-electron chi connectivity index (χ3n) is 2.49. The number of aliphatic carboxylic acids is 1. The molecule has 0 spiro atoms. The molecule has 0 amide bonds. The van der Waals surface area contributed by atoms with Crippen molar-refractivity contribution in [2.24, 2.45) is 0 Å². The summed E-state index contributed by atoms with van der Waals surface area (Å²) in [5, 5.41) is 16.6. The van der Waals surface area contributed by atoms with Crippen LogP contribution in [-0.2, 0) is 11.2 Å². The van der Waals surface area contributed by atoms with Gasteiger partial charge in [-0.1, -0.05) is 5.21 Å². The van der Waals surface area contributed by atoms with Crippen LogP contribution in [-0.4, -0.2) is 26.1 Å². The Kier molecular flexibility index (Phi) is 2.23. The highest BCUT2D eigenvalue weighted by molar-refractivity contribution is 5.67. The molecule has 1 N–H and O–H groups in total. The molecule has 0 aliphatic heterocycles. The minimum Gasteiger partial charge on any atom is -0.481 e. The number of rotatable bonds is 4. The normalized spacial score (nSPS) is 15.8. The smallest absolute Gasteiger partial charge is 0.303 e. The molecule has 5 heteroatoms. The SMILES string of the molecule is Cc1c(CCC(=O)O)nnn1C1CC1. The van der Waals surface area contributed by atoms with Crippen LogP contribution in [0.1, 0.15) is 36.7 Å². The van der Waals surface area contributed by atoms with Gasteiger partial charge in [0.25, 0.3) is 0 Å². The van der Waals surface area contributed by atoms with Crippen molar-refractivity contribution in [1.29, 1.82) is 0 Å². The first kappa shape index (κ1) is 9.18. The van der Waals surface area contributed by atoms with Crippen LogP contribution in [0.15, 0.2) is 0 Å². The van der Waals surface area contributed by atoms with Gasteiger partial charge >= 0.3 is 5.97 Å². The van der Waals surface area contributed by atoms with E-state index >= 15 is 0 Å². The van der Waals surface area contributed by atoms with E-state index in [-0.39, 0.29) is 6.42 Å². The van der Waals surface area contributed by atoms with E-state index < -0.39 is 5.97 Å². The fourth-order valence-corrected chi connectivity index (χ4v) is 1.50. The molecule has 0 atom stereocenters. The summed E-state index contributed by atoms with van der Waals surface area (Å²) in [6, 6.07) is 0.515. The number of hydrogen-bond acceptors (Lipinski definition) is 3. The van der Waals surface area contributed by atoms with Gasteiger partial charge in [0, 0.05) is 6.42 Å². The first-order valence-corrected chi connectivity index (χ1v) is 4.81. The number of carboxylic acid groups (broad SMARTS) is 1. The number of carboxylic acids is 1. The van der Waals surface area contributed by atoms with Crippen molar-refractivity contribution in [1.82, 2.24) is 15.0 Å². The largest absolute Gasteiger partial charge is 0.481 e. The molecule has 1 aromatic rings. The van der Waals surface area contributed by atoms with Gasteiger partial charge in [-0.15, -0.1) is 5.10 Å². The van der Waals surface area contributed by atoms with Gasteiger partial charge in [-0.2, -0.15) is 0 Å². The van der Waals surface area contributed by atoms with E-state index in [0.29, 0.717) is 12.5 Å². The summed E-state index contributed by atoms with van der Waals surface area (Å²) in [4.78, 5) is 10.4. The second-order valence-corrected chi connectivity index (χ2v) is 3.69. The van der Waals surface area contributed by atoms with Gasteiger partial charge in [0.05, 0.1) is 23.9 Å². The molecule has 1 heterocycles. The van der Waals surface area contributed by atoms with Crippen LogP contribution in [0.3, 0.4) is 0 Å². The van der Waals surface area contributed by atoms with E-state index in [0.717, 1.165) is 11.4 Å². The Bertz CT molecular complexity index is 355. The fraction of sp³-hybridized carbons (Fsp3) is 0.667. The van der Waals surface area contributed by atoms with Gasteiger partial charge in [0.15, 0.2) is 0 Å². The Labute approximate surface area is 81.7 Å². The third-order valence-corrected chi connectivity index (χ3v) is 2.49. The average molecular weight is 195 g/mol. The number of nitrogens with zero attached hydrogens (tertiary/aromatic N) is 3. The van der Waals surface area contributed by atoms with Gasteiger partial charge in [0.1, 0.15) is 0 Å². The number of hydrogen-bond donors (Lipinski definition) is 1. The van der Waals surface area contributed by atoms with E-state index in [2.05, 4.69) is 10.3 Å². The highest BCUT2D eigenvalue weighted by Crippen LogP contribution is 2.35. The lowest BCUT2D eigenvalue weighted by atomic mass is 10.2. The maximum absolute atomic E-state index is 10.4. The zero-order valence-corrected chi connectivity index (χ0v) is 8.10. The molecule has 1 aliphatic carbocycles. The summed E-state index contributed by atoms with van der Waals surface area (Å²) in [6.07, 6.45) is 2.95. The van der Waals surface area contributed by atoms with Crippen molar-refractivity contribution < 1.29 is 9.90 Å². The fourth-order valence-electron chi connectivity index (χ4n) is 1.50. The van der Waals surface area contributed by atoms with Gasteiger partial charge in [-0.05, 0) is 19.8 Å². The van der Waals surface area contributed by atoms with Crippen LogP contribution < -0.4 is 0 Å². The molecule has 1 aromatic heterocycles. The van der Waals surface area contributed by atoms with Crippen LogP contribution in [0.4, 0.5) is 0 Å². The quantitative estimate of drug-likeness (QED) is 0.776. The molecule has 76 valence electrons. The van der Waals surface area contributed by atoms with Crippen LogP contribution in [0.25, 0.3) is 0 Å². The van der Waals surface area contributed by atoms with E-state index in [1.54, 1.807) is 0 Å². The topological polar surface area (TPSA) is 68.0 Å². The average Bonchev–Trinajstić information content (AvgIpc) is 2.89. The molecular weight excluding hydrogens is 182 g/mol. The van der Waals surface area contributed by atoms with Gasteiger partial charge in [-0.3, -0.25) is 4.79 Å². The summed E-state index contributed by atoms with van der Waals surface area (Å²) < 4.78 is 1.91. The van der Waals surface area contributed by atoms with E-state index in [1.165, 1.54) is 12.8 Å². The van der Waals surface area contributed by atoms with Crippen LogP contribution in [0.5, 0.6) is 0 Å². The molecule has 0 bridgehead atoms. The second-order valence-electron chi connectivity index (χ2n) is 3.69. The summed E-state index contributed by atoms with van der Waals surface area (Å²) >= 11 is 0. The van der Waals surface area contributed by atoms with Crippen molar-refractivity contribution in [3.05, 3.63) is 11.4 Å². The summed E-state index contributed by atoms with van der Waals surface area (Å²) in [7, 11) is 0. The van der Waals surface area contributed by atoms with Crippen molar-refractivity contribution in [3.8, 4) is 0 Å². The van der Waals surface area contributed by atoms with Crippen molar-refractivity contribution in [2.45, 2.75) is 38.6 Å². The molecule has 0 saturated heterocycles. The molecule has 1 fully saturated rings. The Balaban J connectivity index is 2.06. The monoisotopic (exact) mass is 195 g/mol. The van der Waals surface area contributed by atoms with Crippen molar-refractivity contribution in [3.63, 3.8) is 0 Å². The number of carbonyl (C=O) groups is 1. The standard InChI is InChI=1S/C9H13N3O2/c1-6-8(4-5-9(13)14)10-11-12(6)7-2-3-7/h7H,2-5H2,1H3,(H,13,14). The number of aromatic nitrogens is 3. The lowest BCUT2D eigenvalue weighted by Crippen LogP contribution is -2.01. The summed E-state index contributed by atoms with van der Waals surface area (Å²) in [6.45, 7) is 1.95. The second kappa shape index (κ2) is 3.40. The molecule has 1 saturated carbocycles. The highest BCUT2D eigenvalue weighted by atomic mass is 16.4. The Morgan fingerprint density at radius 1 is 1.64 bits per heavy atom. The molecule has 1 aliphatic rings. The van der Waals surface area contributed by atoms with Crippen molar-refractivity contribution >= 4 is 5.97 Å². The molecule has 5 nitrogen and oxygen atoms in total. The summed E-state index contributed by atoms with van der Waals surface area (Å²) in [5.41, 5.74) is 1.84. The zero-order valence-electron chi connectivity index (χ0n) is 8.10. The van der Waals surface area contributed by atoms with Crippen LogP contribution in [0, 0.1) is 6.92 Å². The molecule has 14 heavy (non-hydrogen) atoms. The molecule has 0 radical (unpaired) electrons. The van der Waals surface area contributed by atoms with E-state index in [1.807, 2.05) is 11.6 Å². The minimum absolute atomic E-state index is 0.129. The van der Waals surface area contributed by atoms with Gasteiger partial charge < -0.3 is 5.11 Å². The third kappa shape index (κ3) is 1.76. The van der Waals surface area contributed by atoms with E-state index in [4.69, 9.17) is 5.11 Å². The van der Waals surface area contributed by atoms with Crippen molar-refractivity contribution in [2.75, 3.05) is 0 Å². The molecule has 0 aromatic carbocycles. The molecular formula is C9H13N3O2.